The SMILES string of the molecule is CCOCCOc1nc(-c2ccccc2C)n(-c2ccc(NC[C@H](O)COCC(C)C)cc2)n1. The van der Waals surface area contributed by atoms with Crippen molar-refractivity contribution in [3.8, 4) is 23.1 Å². The molecule has 2 N–H and O–H groups in total. The fourth-order valence-corrected chi connectivity index (χ4v) is 3.32. The Balaban J connectivity index is 1.72. The largest absolute Gasteiger partial charge is 0.460 e. The maximum absolute atomic E-state index is 10.1. The van der Waals surface area contributed by atoms with Gasteiger partial charge in [-0.05, 0) is 49.6 Å². The highest BCUT2D eigenvalue weighted by molar-refractivity contribution is 5.63. The molecule has 1 atom stereocenters. The van der Waals surface area contributed by atoms with E-state index in [0.29, 0.717) is 57.3 Å². The first kappa shape index (κ1) is 25.7. The van der Waals surface area contributed by atoms with Gasteiger partial charge in [-0.15, -0.1) is 5.10 Å². The minimum Gasteiger partial charge on any atom is -0.460 e. The molecule has 0 unspecified atom stereocenters. The number of aromatic nitrogens is 3. The first-order valence-corrected chi connectivity index (χ1v) is 11.8. The average molecular weight is 469 g/mol. The molecule has 1 heterocycles. The van der Waals surface area contributed by atoms with Crippen LogP contribution in [0.3, 0.4) is 0 Å². The lowest BCUT2D eigenvalue weighted by molar-refractivity contribution is 0.0318. The molecule has 0 spiro atoms. The predicted molar refractivity (Wildman–Crippen MR) is 134 cm³/mol. The summed E-state index contributed by atoms with van der Waals surface area (Å²) in [6.07, 6.45) is -0.571. The van der Waals surface area contributed by atoms with Crippen molar-refractivity contribution in [2.45, 2.75) is 33.8 Å². The Labute approximate surface area is 201 Å². The fourth-order valence-electron chi connectivity index (χ4n) is 3.32. The Hall–Kier alpha value is -2.94. The smallest absolute Gasteiger partial charge is 0.336 e. The molecule has 3 aromatic rings. The molecule has 0 saturated carbocycles. The third kappa shape index (κ3) is 7.55. The molecule has 3 rings (SSSR count). The summed E-state index contributed by atoms with van der Waals surface area (Å²) < 4.78 is 18.4. The number of ether oxygens (including phenoxy) is 3. The van der Waals surface area contributed by atoms with Crippen LogP contribution >= 0.6 is 0 Å². The molecule has 0 aliphatic rings. The van der Waals surface area contributed by atoms with E-state index in [-0.39, 0.29) is 0 Å². The van der Waals surface area contributed by atoms with Crippen LogP contribution in [0, 0.1) is 12.8 Å². The number of aliphatic hydroxyl groups is 1. The lowest BCUT2D eigenvalue weighted by Crippen LogP contribution is -2.25. The molecule has 0 radical (unpaired) electrons. The second-order valence-corrected chi connectivity index (χ2v) is 8.50. The van der Waals surface area contributed by atoms with Gasteiger partial charge in [0.05, 0.1) is 25.0 Å². The summed E-state index contributed by atoms with van der Waals surface area (Å²) in [5.74, 6) is 1.16. The van der Waals surface area contributed by atoms with Crippen molar-refractivity contribution in [3.63, 3.8) is 0 Å². The first-order chi connectivity index (χ1) is 16.5. The van der Waals surface area contributed by atoms with E-state index in [9.17, 15) is 5.11 Å². The van der Waals surface area contributed by atoms with Crippen molar-refractivity contribution in [2.24, 2.45) is 5.92 Å². The van der Waals surface area contributed by atoms with E-state index >= 15 is 0 Å². The number of hydrogen-bond acceptors (Lipinski definition) is 7. The van der Waals surface area contributed by atoms with Gasteiger partial charge in [0, 0.05) is 31.0 Å². The van der Waals surface area contributed by atoms with E-state index in [2.05, 4.69) is 29.2 Å². The Bertz CT molecular complexity index is 1000. The summed E-state index contributed by atoms with van der Waals surface area (Å²) >= 11 is 0. The molecule has 1 aromatic heterocycles. The summed E-state index contributed by atoms with van der Waals surface area (Å²) in [4.78, 5) is 4.65. The number of aryl methyl sites for hydroxylation is 1. The Morgan fingerprint density at radius 2 is 1.76 bits per heavy atom. The van der Waals surface area contributed by atoms with E-state index in [0.717, 1.165) is 22.5 Å². The van der Waals surface area contributed by atoms with Crippen molar-refractivity contribution in [2.75, 3.05) is 44.9 Å². The van der Waals surface area contributed by atoms with E-state index in [1.54, 1.807) is 4.68 Å². The van der Waals surface area contributed by atoms with Crippen LogP contribution in [0.1, 0.15) is 26.3 Å². The van der Waals surface area contributed by atoms with Crippen LogP contribution in [0.25, 0.3) is 17.1 Å². The number of aliphatic hydroxyl groups excluding tert-OH is 1. The molecule has 0 fully saturated rings. The minimum absolute atomic E-state index is 0.310. The van der Waals surface area contributed by atoms with Crippen LogP contribution in [0.4, 0.5) is 5.69 Å². The molecular formula is C26H36N4O4. The highest BCUT2D eigenvalue weighted by atomic mass is 16.5. The molecule has 34 heavy (non-hydrogen) atoms. The molecule has 2 aromatic carbocycles. The van der Waals surface area contributed by atoms with Gasteiger partial charge in [-0.25, -0.2) is 4.68 Å². The molecule has 8 heteroatoms. The fraction of sp³-hybridized carbons (Fsp3) is 0.462. The average Bonchev–Trinajstić information content (AvgIpc) is 3.25. The molecular weight excluding hydrogens is 432 g/mol. The zero-order valence-corrected chi connectivity index (χ0v) is 20.5. The Morgan fingerprint density at radius 3 is 2.47 bits per heavy atom. The second-order valence-electron chi connectivity index (χ2n) is 8.50. The summed E-state index contributed by atoms with van der Waals surface area (Å²) in [6, 6.07) is 16.2. The highest BCUT2D eigenvalue weighted by Crippen LogP contribution is 2.26. The molecule has 8 nitrogen and oxygen atoms in total. The van der Waals surface area contributed by atoms with Crippen LogP contribution in [-0.4, -0.2) is 65.6 Å². The predicted octanol–water partition coefficient (Wildman–Crippen LogP) is 4.10. The zero-order valence-electron chi connectivity index (χ0n) is 20.5. The van der Waals surface area contributed by atoms with Gasteiger partial charge in [0.2, 0.25) is 0 Å². The van der Waals surface area contributed by atoms with Crippen molar-refractivity contribution in [1.29, 1.82) is 0 Å². The third-order valence-corrected chi connectivity index (χ3v) is 5.05. The van der Waals surface area contributed by atoms with Gasteiger partial charge >= 0.3 is 6.01 Å². The van der Waals surface area contributed by atoms with E-state index in [1.165, 1.54) is 0 Å². The topological polar surface area (TPSA) is 90.7 Å². The second kappa shape index (κ2) is 13.1. The number of benzene rings is 2. The van der Waals surface area contributed by atoms with Gasteiger partial charge < -0.3 is 24.6 Å². The minimum atomic E-state index is -0.571. The van der Waals surface area contributed by atoms with Crippen LogP contribution in [0.5, 0.6) is 6.01 Å². The van der Waals surface area contributed by atoms with Crippen molar-refractivity contribution >= 4 is 5.69 Å². The van der Waals surface area contributed by atoms with Gasteiger partial charge in [-0.2, -0.15) is 4.98 Å². The maximum atomic E-state index is 10.1. The van der Waals surface area contributed by atoms with E-state index in [4.69, 9.17) is 14.2 Å². The van der Waals surface area contributed by atoms with Gasteiger partial charge in [0.15, 0.2) is 5.82 Å². The molecule has 0 amide bonds. The third-order valence-electron chi connectivity index (χ3n) is 5.05. The molecule has 184 valence electrons. The quantitative estimate of drug-likeness (QED) is 0.344. The number of hydrogen-bond donors (Lipinski definition) is 2. The van der Waals surface area contributed by atoms with Crippen molar-refractivity contribution in [3.05, 3.63) is 54.1 Å². The lowest BCUT2D eigenvalue weighted by atomic mass is 10.1. The van der Waals surface area contributed by atoms with Crippen LogP contribution in [0.15, 0.2) is 48.5 Å². The maximum Gasteiger partial charge on any atom is 0.336 e. The number of nitrogens with zero attached hydrogens (tertiary/aromatic N) is 3. The first-order valence-electron chi connectivity index (χ1n) is 11.8. The van der Waals surface area contributed by atoms with Gasteiger partial charge in [0.25, 0.3) is 0 Å². The van der Waals surface area contributed by atoms with Crippen molar-refractivity contribution in [1.82, 2.24) is 14.8 Å². The van der Waals surface area contributed by atoms with E-state index < -0.39 is 6.10 Å². The van der Waals surface area contributed by atoms with Gasteiger partial charge in [-0.1, -0.05) is 38.1 Å². The summed E-state index contributed by atoms with van der Waals surface area (Å²) in [5, 5.41) is 18.0. The highest BCUT2D eigenvalue weighted by Gasteiger charge is 2.16. The molecule has 0 aliphatic carbocycles. The number of anilines is 1. The van der Waals surface area contributed by atoms with Gasteiger partial charge in [0.1, 0.15) is 6.61 Å². The van der Waals surface area contributed by atoms with E-state index in [1.807, 2.05) is 62.4 Å². The molecule has 0 saturated heterocycles. The molecule has 0 aliphatic heterocycles. The van der Waals surface area contributed by atoms with Crippen LogP contribution in [-0.2, 0) is 9.47 Å². The molecule has 0 bridgehead atoms. The van der Waals surface area contributed by atoms with Crippen molar-refractivity contribution < 1.29 is 19.3 Å². The Morgan fingerprint density at radius 1 is 1.00 bits per heavy atom. The summed E-state index contributed by atoms with van der Waals surface area (Å²) in [7, 11) is 0. The normalized spacial score (nSPS) is 12.2. The zero-order chi connectivity index (χ0) is 24.3. The number of rotatable bonds is 14. The monoisotopic (exact) mass is 468 g/mol. The summed E-state index contributed by atoms with van der Waals surface area (Å²) in [5.41, 5.74) is 3.85. The van der Waals surface area contributed by atoms with Gasteiger partial charge in [-0.3, -0.25) is 0 Å². The summed E-state index contributed by atoms with van der Waals surface area (Å²) in [6.45, 7) is 11.0. The number of nitrogens with one attached hydrogen (secondary N) is 1. The van der Waals surface area contributed by atoms with Crippen LogP contribution < -0.4 is 10.1 Å². The van der Waals surface area contributed by atoms with Crippen LogP contribution in [0.2, 0.25) is 0 Å². The Kier molecular flexibility index (Phi) is 9.88. The lowest BCUT2D eigenvalue weighted by Gasteiger charge is -2.14. The standard InChI is InChI=1S/C26H36N4O4/c1-5-32-14-15-34-26-28-25(24-9-7-6-8-20(24)4)30(29-26)22-12-10-21(11-13-22)27-16-23(31)18-33-17-19(2)3/h6-13,19,23,27,31H,5,14-18H2,1-4H3/t23-/m0/s1.